The molecule has 0 unspecified atom stereocenters. The lowest BCUT2D eigenvalue weighted by Gasteiger charge is -2.29. The Bertz CT molecular complexity index is 780. The molecule has 7 nitrogen and oxygen atoms in total. The van der Waals surface area contributed by atoms with Crippen molar-refractivity contribution in [3.05, 3.63) is 47.4 Å². The fraction of sp³-hybridized carbons (Fsp3) is 0.389. The van der Waals surface area contributed by atoms with Crippen molar-refractivity contribution >= 4 is 11.9 Å². The number of allylic oxidation sites excluding steroid dienone is 1. The Labute approximate surface area is 146 Å². The molecule has 1 N–H and O–H groups in total. The van der Waals surface area contributed by atoms with Gasteiger partial charge in [-0.2, -0.15) is 10.1 Å². The maximum Gasteiger partial charge on any atom is 0.338 e. The molecule has 1 atom stereocenters. The number of anilines is 1. The Morgan fingerprint density at radius 2 is 2.04 bits per heavy atom. The van der Waals surface area contributed by atoms with Gasteiger partial charge in [-0.3, -0.25) is 0 Å². The highest BCUT2D eigenvalue weighted by Gasteiger charge is 2.35. The summed E-state index contributed by atoms with van der Waals surface area (Å²) in [5.41, 5.74) is 2.33. The number of nitrogens with one attached hydrogen (secondary N) is 1. The van der Waals surface area contributed by atoms with Crippen molar-refractivity contribution in [3.63, 3.8) is 0 Å². The summed E-state index contributed by atoms with van der Waals surface area (Å²) in [7, 11) is 1.62. The Hall–Kier alpha value is -2.83. The lowest BCUT2D eigenvalue weighted by atomic mass is 9.94. The van der Waals surface area contributed by atoms with E-state index in [1.54, 1.807) is 18.7 Å². The van der Waals surface area contributed by atoms with Crippen LogP contribution in [0.3, 0.4) is 0 Å². The molecular formula is C18H22N4O3. The Morgan fingerprint density at radius 3 is 2.68 bits per heavy atom. The second kappa shape index (κ2) is 7.38. The Kier molecular flexibility index (Phi) is 5.02. The summed E-state index contributed by atoms with van der Waals surface area (Å²) in [4.78, 5) is 17.0. The molecule has 0 saturated heterocycles. The van der Waals surface area contributed by atoms with E-state index in [-0.39, 0.29) is 12.0 Å². The van der Waals surface area contributed by atoms with Crippen LogP contribution in [0.15, 0.2) is 41.9 Å². The molecule has 0 radical (unpaired) electrons. The monoisotopic (exact) mass is 342 g/mol. The zero-order chi connectivity index (χ0) is 17.8. The minimum Gasteiger partial charge on any atom is -0.497 e. The van der Waals surface area contributed by atoms with Crippen molar-refractivity contribution in [1.82, 2.24) is 14.8 Å². The second-order valence-corrected chi connectivity index (χ2v) is 5.69. The molecule has 1 aromatic heterocycles. The van der Waals surface area contributed by atoms with Gasteiger partial charge in [0.15, 0.2) is 0 Å². The molecule has 3 rings (SSSR count). The van der Waals surface area contributed by atoms with Crippen molar-refractivity contribution < 1.29 is 14.3 Å². The van der Waals surface area contributed by atoms with Gasteiger partial charge < -0.3 is 14.8 Å². The number of fused-ring (bicyclic) bond motifs is 1. The van der Waals surface area contributed by atoms with Crippen LogP contribution < -0.4 is 10.1 Å². The van der Waals surface area contributed by atoms with Gasteiger partial charge in [-0.05, 0) is 31.0 Å². The van der Waals surface area contributed by atoms with E-state index in [2.05, 4.69) is 22.3 Å². The highest BCUT2D eigenvalue weighted by atomic mass is 16.5. The first-order chi connectivity index (χ1) is 12.2. The van der Waals surface area contributed by atoms with E-state index in [1.165, 1.54) is 6.33 Å². The van der Waals surface area contributed by atoms with Gasteiger partial charge in [0.25, 0.3) is 0 Å². The van der Waals surface area contributed by atoms with Crippen LogP contribution in [0.2, 0.25) is 0 Å². The molecule has 0 fully saturated rings. The minimum atomic E-state index is -0.384. The molecule has 25 heavy (non-hydrogen) atoms. The van der Waals surface area contributed by atoms with Crippen LogP contribution in [0.1, 0.15) is 38.3 Å². The molecule has 0 spiro atoms. The second-order valence-electron chi connectivity index (χ2n) is 5.69. The van der Waals surface area contributed by atoms with Crippen LogP contribution in [0.4, 0.5) is 5.95 Å². The number of carbonyl (C=O) groups excluding carboxylic acids is 1. The van der Waals surface area contributed by atoms with Crippen LogP contribution in [0.5, 0.6) is 5.75 Å². The SMILES string of the molecule is CCCC1=C(C(=O)OCC)[C@@H](c2ccc(OC)cc2)n2ncnc2N1. The summed E-state index contributed by atoms with van der Waals surface area (Å²) >= 11 is 0. The molecule has 0 bridgehead atoms. The summed E-state index contributed by atoms with van der Waals surface area (Å²) < 4.78 is 12.3. The number of methoxy groups -OCH3 is 1. The van der Waals surface area contributed by atoms with Crippen molar-refractivity contribution in [2.45, 2.75) is 32.7 Å². The van der Waals surface area contributed by atoms with Gasteiger partial charge in [0.05, 0.1) is 19.3 Å². The smallest absolute Gasteiger partial charge is 0.338 e. The van der Waals surface area contributed by atoms with Crippen LogP contribution >= 0.6 is 0 Å². The topological polar surface area (TPSA) is 78.3 Å². The van der Waals surface area contributed by atoms with Gasteiger partial charge in [-0.1, -0.05) is 25.5 Å². The third-order valence-corrected chi connectivity index (χ3v) is 4.11. The number of benzene rings is 1. The van der Waals surface area contributed by atoms with Crippen LogP contribution in [0, 0.1) is 0 Å². The van der Waals surface area contributed by atoms with E-state index in [0.717, 1.165) is 29.9 Å². The minimum absolute atomic E-state index is 0.321. The molecule has 0 amide bonds. The molecule has 0 aliphatic carbocycles. The summed E-state index contributed by atoms with van der Waals surface area (Å²) in [6.07, 6.45) is 3.11. The maximum absolute atomic E-state index is 12.7. The molecular weight excluding hydrogens is 320 g/mol. The third-order valence-electron chi connectivity index (χ3n) is 4.11. The maximum atomic E-state index is 12.7. The standard InChI is InChI=1S/C18H22N4O3/c1-4-6-14-15(17(23)25-5-2)16(22-18(21-14)19-11-20-22)12-7-9-13(24-3)10-8-12/h7-11,16H,4-6H2,1-3H3,(H,19,20,21)/t16-/m1/s1. The first-order valence-corrected chi connectivity index (χ1v) is 8.40. The summed E-state index contributed by atoms with van der Waals surface area (Å²) in [6, 6.07) is 7.23. The van der Waals surface area contributed by atoms with E-state index in [0.29, 0.717) is 18.1 Å². The summed E-state index contributed by atoms with van der Waals surface area (Å²) in [5, 5.41) is 7.55. The van der Waals surface area contributed by atoms with Gasteiger partial charge in [0, 0.05) is 5.70 Å². The molecule has 2 heterocycles. The molecule has 1 aliphatic rings. The number of hydrogen-bond donors (Lipinski definition) is 1. The number of rotatable bonds is 6. The van der Waals surface area contributed by atoms with Crippen molar-refractivity contribution in [1.29, 1.82) is 0 Å². The zero-order valence-corrected chi connectivity index (χ0v) is 14.7. The summed E-state index contributed by atoms with van der Waals surface area (Å²) in [5.74, 6) is 1.05. The van der Waals surface area contributed by atoms with Crippen molar-refractivity contribution in [2.24, 2.45) is 0 Å². The van der Waals surface area contributed by atoms with Crippen molar-refractivity contribution in [2.75, 3.05) is 19.0 Å². The highest BCUT2D eigenvalue weighted by molar-refractivity contribution is 5.92. The first kappa shape index (κ1) is 17.0. The number of ether oxygens (including phenoxy) is 2. The average Bonchev–Trinajstić information content (AvgIpc) is 3.09. The fourth-order valence-corrected chi connectivity index (χ4v) is 3.00. The van der Waals surface area contributed by atoms with E-state index in [9.17, 15) is 4.79 Å². The number of hydrogen-bond acceptors (Lipinski definition) is 6. The normalized spacial score (nSPS) is 16.2. The Morgan fingerprint density at radius 1 is 1.28 bits per heavy atom. The zero-order valence-electron chi connectivity index (χ0n) is 14.7. The number of nitrogens with zero attached hydrogens (tertiary/aromatic N) is 3. The number of esters is 1. The highest BCUT2D eigenvalue weighted by Crippen LogP contribution is 2.37. The molecule has 7 heteroatoms. The number of aromatic nitrogens is 3. The molecule has 1 aliphatic heterocycles. The van der Waals surface area contributed by atoms with Gasteiger partial charge >= 0.3 is 5.97 Å². The largest absolute Gasteiger partial charge is 0.497 e. The summed E-state index contributed by atoms with van der Waals surface area (Å²) in [6.45, 7) is 4.19. The average molecular weight is 342 g/mol. The van der Waals surface area contributed by atoms with E-state index >= 15 is 0 Å². The van der Waals surface area contributed by atoms with Gasteiger partial charge in [0.1, 0.15) is 18.1 Å². The fourth-order valence-electron chi connectivity index (χ4n) is 3.00. The van der Waals surface area contributed by atoms with Gasteiger partial charge in [-0.15, -0.1) is 0 Å². The lowest BCUT2D eigenvalue weighted by Crippen LogP contribution is -2.30. The number of carbonyl (C=O) groups is 1. The quantitative estimate of drug-likeness (QED) is 0.813. The van der Waals surface area contributed by atoms with Gasteiger partial charge in [-0.25, -0.2) is 9.48 Å². The lowest BCUT2D eigenvalue weighted by molar-refractivity contribution is -0.139. The molecule has 0 saturated carbocycles. The van der Waals surface area contributed by atoms with Crippen LogP contribution in [0.25, 0.3) is 0 Å². The van der Waals surface area contributed by atoms with E-state index in [1.807, 2.05) is 24.3 Å². The predicted octanol–water partition coefficient (Wildman–Crippen LogP) is 2.92. The predicted molar refractivity (Wildman–Crippen MR) is 93.3 cm³/mol. The van der Waals surface area contributed by atoms with Crippen LogP contribution in [-0.2, 0) is 9.53 Å². The van der Waals surface area contributed by atoms with E-state index in [4.69, 9.17) is 9.47 Å². The van der Waals surface area contributed by atoms with Crippen molar-refractivity contribution in [3.8, 4) is 5.75 Å². The first-order valence-electron chi connectivity index (χ1n) is 8.40. The molecule has 2 aromatic rings. The van der Waals surface area contributed by atoms with Gasteiger partial charge in [0.2, 0.25) is 5.95 Å². The Balaban J connectivity index is 2.13. The van der Waals surface area contributed by atoms with Crippen LogP contribution in [-0.4, -0.2) is 34.5 Å². The van der Waals surface area contributed by atoms with E-state index < -0.39 is 0 Å². The third kappa shape index (κ3) is 3.22. The molecule has 132 valence electrons. The molecule has 1 aromatic carbocycles.